The van der Waals surface area contributed by atoms with Crippen molar-refractivity contribution in [2.45, 2.75) is 203 Å². The molecule has 3 aromatic carbocycles. The van der Waals surface area contributed by atoms with Crippen molar-refractivity contribution < 1.29 is 34.4 Å². The van der Waals surface area contributed by atoms with E-state index in [2.05, 4.69) is 191 Å². The minimum atomic E-state index is -0.907. The number of benzene rings is 3. The third kappa shape index (κ3) is 16.3. The van der Waals surface area contributed by atoms with Crippen molar-refractivity contribution in [3.63, 3.8) is 0 Å². The number of ether oxygens (including phenoxy) is 1. The second-order valence-electron chi connectivity index (χ2n) is 25.9. The third-order valence-corrected chi connectivity index (χ3v) is 18.1. The number of allylic oxidation sites excluding steroid dienone is 9. The Morgan fingerprint density at radius 1 is 0.430 bits per heavy atom. The molecule has 0 unspecified atom stereocenters. The van der Waals surface area contributed by atoms with E-state index < -0.39 is 17.9 Å². The fraction of sp³-hybridized carbons (Fsp3) is 0.542. The molecule has 0 spiro atoms. The van der Waals surface area contributed by atoms with Crippen LogP contribution in [0, 0.1) is 35.5 Å². The molecule has 3 N–H and O–H groups in total. The lowest BCUT2D eigenvalue weighted by molar-refractivity contribution is -0.132. The first-order valence-electron chi connectivity index (χ1n) is 29.6. The van der Waals surface area contributed by atoms with Gasteiger partial charge in [0.25, 0.3) is 0 Å². The maximum absolute atomic E-state index is 10.9. The lowest BCUT2D eigenvalue weighted by Crippen LogP contribution is -2.10. The quantitative estimate of drug-likeness (QED) is 0.0677. The van der Waals surface area contributed by atoms with Crippen LogP contribution in [0.1, 0.15) is 237 Å². The third-order valence-electron chi connectivity index (χ3n) is 18.1. The molecule has 432 valence electrons. The molecule has 7 nitrogen and oxygen atoms in total. The van der Waals surface area contributed by atoms with Gasteiger partial charge in [-0.2, -0.15) is 0 Å². The summed E-state index contributed by atoms with van der Waals surface area (Å²) < 4.78 is 5.50. The van der Waals surface area contributed by atoms with Crippen LogP contribution < -0.4 is 0 Å². The first-order chi connectivity index (χ1) is 36.8. The van der Waals surface area contributed by atoms with Crippen LogP contribution in [0.15, 0.2) is 126 Å². The second-order valence-corrected chi connectivity index (χ2v) is 25.9. The highest BCUT2D eigenvalue weighted by atomic mass is 16.5. The summed E-state index contributed by atoms with van der Waals surface area (Å²) in [7, 11) is 1.75. The molecular formula is C72H102O7. The standard InChI is InChI=1S/C24H34O3.2C24H34O2/c1-15(2)18-11-19(16(3)4)13-20(12-18)24(6)21(22(24)14-27-7)9-8-17(5)10-23(25)26;2*1-8-21-22(10-9-17(6)11-23(25)26)24(21,7)20-13-18(15(2)3)12-19(14-20)16(4)5/h8-13,15-16,21-22H,14H2,1-7H3,(H,25,26);2*9-16,21-22H,8H2,1-7H3,(H,25,26)/b9-8+,17-10+;2*10-9+,17-11+/t21-,22-,24-;2*21-,22+,24-/m110/s1. The van der Waals surface area contributed by atoms with Crippen LogP contribution in [0.2, 0.25) is 0 Å². The van der Waals surface area contributed by atoms with Crippen LogP contribution in [-0.2, 0) is 35.4 Å². The molecule has 3 aliphatic rings. The molecule has 9 atom stereocenters. The van der Waals surface area contributed by atoms with Crippen molar-refractivity contribution in [1.82, 2.24) is 0 Å². The van der Waals surface area contributed by atoms with Gasteiger partial charge < -0.3 is 20.1 Å². The van der Waals surface area contributed by atoms with E-state index in [4.69, 9.17) is 20.1 Å². The molecule has 3 saturated carbocycles. The molecular weight excluding hydrogens is 977 g/mol. The lowest BCUT2D eigenvalue weighted by Gasteiger charge is -2.19. The van der Waals surface area contributed by atoms with Gasteiger partial charge in [0, 0.05) is 41.6 Å². The van der Waals surface area contributed by atoms with E-state index in [0.29, 0.717) is 77.6 Å². The van der Waals surface area contributed by atoms with Gasteiger partial charge in [-0.05, 0) is 159 Å². The smallest absolute Gasteiger partial charge is 0.328 e. The molecule has 79 heavy (non-hydrogen) atoms. The SMILES string of the molecule is CC[C@@H]1[C@H](/C=C/C(C)=C/C(=O)O)[C@]1(C)c1cc(C(C)C)cc(C(C)C)c1.CC[C@H]1[C@@H](/C=C/C(C)=C/C(=O)O)[C@@]1(C)c1cc(C(C)C)cc(C(C)C)c1.COC[C@@H]1[C@@H](/C=C/C(C)=C/C(=O)O)[C@@]1(C)c1cc(C(C)C)cc(C(C)C)c1. The summed E-state index contributed by atoms with van der Waals surface area (Å²) in [5.41, 5.74) is 15.3. The van der Waals surface area contributed by atoms with Crippen molar-refractivity contribution in [2.75, 3.05) is 13.7 Å². The van der Waals surface area contributed by atoms with Gasteiger partial charge in [0.2, 0.25) is 0 Å². The fourth-order valence-electron chi connectivity index (χ4n) is 12.4. The van der Waals surface area contributed by atoms with Crippen molar-refractivity contribution in [3.8, 4) is 0 Å². The highest BCUT2D eigenvalue weighted by molar-refractivity contribution is 5.82. The Morgan fingerprint density at radius 2 is 0.646 bits per heavy atom. The molecule has 3 fully saturated rings. The van der Waals surface area contributed by atoms with Gasteiger partial charge >= 0.3 is 17.9 Å². The Balaban J connectivity index is 0.000000255. The van der Waals surface area contributed by atoms with Crippen LogP contribution in [0.3, 0.4) is 0 Å². The largest absolute Gasteiger partial charge is 0.478 e. The van der Waals surface area contributed by atoms with Crippen molar-refractivity contribution >= 4 is 17.9 Å². The van der Waals surface area contributed by atoms with Crippen LogP contribution in [0.5, 0.6) is 0 Å². The van der Waals surface area contributed by atoms with Gasteiger partial charge in [-0.3, -0.25) is 0 Å². The molecule has 0 saturated heterocycles. The summed E-state index contributed by atoms with van der Waals surface area (Å²) in [4.78, 5) is 32.5. The number of carboxylic acids is 3. The van der Waals surface area contributed by atoms with E-state index in [1.165, 1.54) is 68.3 Å². The Labute approximate surface area is 478 Å². The van der Waals surface area contributed by atoms with E-state index in [0.717, 1.165) is 29.6 Å². The van der Waals surface area contributed by atoms with Crippen molar-refractivity contribution in [1.29, 1.82) is 0 Å². The molecule has 3 aliphatic carbocycles. The van der Waals surface area contributed by atoms with Gasteiger partial charge in [-0.15, -0.1) is 0 Å². The summed E-state index contributed by atoms with van der Waals surface area (Å²) in [5.74, 6) is 3.26. The summed E-state index contributed by atoms with van der Waals surface area (Å²) in [6.07, 6.45) is 18.5. The highest BCUT2D eigenvalue weighted by Crippen LogP contribution is 2.64. The molecule has 6 rings (SSSR count). The predicted octanol–water partition coefficient (Wildman–Crippen LogP) is 18.5. The summed E-state index contributed by atoms with van der Waals surface area (Å²) >= 11 is 0. The molecule has 3 aromatic rings. The average molecular weight is 1080 g/mol. The van der Waals surface area contributed by atoms with Crippen LogP contribution >= 0.6 is 0 Å². The van der Waals surface area contributed by atoms with Gasteiger partial charge in [-0.1, -0.05) is 222 Å². The number of hydrogen-bond donors (Lipinski definition) is 3. The molecule has 0 aliphatic heterocycles. The minimum Gasteiger partial charge on any atom is -0.478 e. The predicted molar refractivity (Wildman–Crippen MR) is 331 cm³/mol. The monoisotopic (exact) mass is 1080 g/mol. The summed E-state index contributed by atoms with van der Waals surface area (Å²) in [6.45, 7) is 44.8. The second kappa shape index (κ2) is 27.8. The number of rotatable bonds is 22. The number of methoxy groups -OCH3 is 1. The fourth-order valence-corrected chi connectivity index (χ4v) is 12.4. The van der Waals surface area contributed by atoms with E-state index in [-0.39, 0.29) is 16.2 Å². The van der Waals surface area contributed by atoms with Crippen LogP contribution in [0.25, 0.3) is 0 Å². The zero-order valence-corrected chi connectivity index (χ0v) is 52.4. The maximum atomic E-state index is 10.9. The molecule has 0 amide bonds. The first kappa shape index (κ1) is 66.0. The van der Waals surface area contributed by atoms with Gasteiger partial charge in [0.1, 0.15) is 0 Å². The number of aliphatic carboxylic acids is 3. The summed E-state index contributed by atoms with van der Waals surface area (Å²) in [6, 6.07) is 21.3. The van der Waals surface area contributed by atoms with E-state index in [1.807, 2.05) is 39.0 Å². The number of carboxylic acid groups (broad SMARTS) is 3. The maximum Gasteiger partial charge on any atom is 0.328 e. The first-order valence-corrected chi connectivity index (χ1v) is 29.6. The molecule has 0 bridgehead atoms. The van der Waals surface area contributed by atoms with Crippen molar-refractivity contribution in [2.24, 2.45) is 35.5 Å². The zero-order chi connectivity index (χ0) is 59.6. The zero-order valence-electron chi connectivity index (χ0n) is 52.4. The number of carbonyl (C=O) groups is 3. The summed E-state index contributed by atoms with van der Waals surface area (Å²) in [5, 5.41) is 26.7. The topological polar surface area (TPSA) is 121 Å². The Bertz CT molecular complexity index is 2590. The van der Waals surface area contributed by atoms with E-state index in [9.17, 15) is 14.4 Å². The average Bonchev–Trinajstić information content (AvgIpc) is 4.20. The molecule has 0 heterocycles. The van der Waals surface area contributed by atoms with Crippen LogP contribution in [0.4, 0.5) is 0 Å². The Kier molecular flexibility index (Phi) is 23.2. The van der Waals surface area contributed by atoms with Crippen molar-refractivity contribution in [3.05, 3.63) is 176 Å². The Morgan fingerprint density at radius 3 is 0.835 bits per heavy atom. The lowest BCUT2D eigenvalue weighted by atomic mass is 9.85. The molecule has 7 heteroatoms. The van der Waals surface area contributed by atoms with Crippen LogP contribution in [-0.4, -0.2) is 46.9 Å². The Hall–Kier alpha value is -5.53. The van der Waals surface area contributed by atoms with E-state index >= 15 is 0 Å². The normalized spacial score (nSPS) is 25.9. The molecule has 0 radical (unpaired) electrons. The minimum absolute atomic E-state index is 0.0184. The molecule has 0 aromatic heterocycles. The van der Waals surface area contributed by atoms with Gasteiger partial charge in [0.15, 0.2) is 0 Å². The number of hydrogen-bond acceptors (Lipinski definition) is 4. The highest BCUT2D eigenvalue weighted by Gasteiger charge is 2.61. The van der Waals surface area contributed by atoms with Gasteiger partial charge in [-0.25, -0.2) is 14.4 Å². The van der Waals surface area contributed by atoms with E-state index in [1.54, 1.807) is 7.11 Å². The van der Waals surface area contributed by atoms with Gasteiger partial charge in [0.05, 0.1) is 6.61 Å².